The van der Waals surface area contributed by atoms with Crippen molar-refractivity contribution in [1.29, 1.82) is 0 Å². The third-order valence-electron chi connectivity index (χ3n) is 4.79. The van der Waals surface area contributed by atoms with E-state index in [4.69, 9.17) is 4.74 Å². The summed E-state index contributed by atoms with van der Waals surface area (Å²) in [4.78, 5) is 3.46. The zero-order valence-electron chi connectivity index (χ0n) is 14.1. The number of nitrogens with one attached hydrogen (secondary N) is 2. The molecule has 1 heterocycles. The number of hydrogen-bond donors (Lipinski definition) is 2. The van der Waals surface area contributed by atoms with Gasteiger partial charge in [0.2, 0.25) is 0 Å². The van der Waals surface area contributed by atoms with Crippen LogP contribution in [0.5, 0.6) is 5.75 Å². The molecule has 2 aromatic carbocycles. The van der Waals surface area contributed by atoms with E-state index in [0.717, 1.165) is 12.3 Å². The number of piperazine rings is 1. The molecule has 0 saturated carbocycles. The smallest absolute Gasteiger partial charge is 0.127 e. The first-order valence-electron chi connectivity index (χ1n) is 8.76. The van der Waals surface area contributed by atoms with Crippen LogP contribution in [0.1, 0.15) is 18.1 Å². The van der Waals surface area contributed by atoms with Crippen molar-refractivity contribution in [3.05, 3.63) is 65.7 Å². The van der Waals surface area contributed by atoms with E-state index in [1.807, 2.05) is 18.2 Å². The molecule has 2 aromatic rings. The zero-order valence-corrected chi connectivity index (χ0v) is 14.1. The highest BCUT2D eigenvalue weighted by Gasteiger charge is 2.21. The molecule has 0 unspecified atom stereocenters. The number of hydrogen-bond acceptors (Lipinski definition) is 1. The van der Waals surface area contributed by atoms with Crippen LogP contribution < -0.4 is 14.5 Å². The molecule has 0 atom stereocenters. The molecule has 3 rings (SSSR count). The third-order valence-corrected chi connectivity index (χ3v) is 4.79. The maximum atomic E-state index is 5.86. The van der Waals surface area contributed by atoms with Gasteiger partial charge in [-0.15, -0.1) is 0 Å². The molecule has 0 bridgehead atoms. The Balaban J connectivity index is 1.47. The molecule has 3 heteroatoms. The molecule has 0 radical (unpaired) electrons. The molecule has 1 aliphatic heterocycles. The second kappa shape index (κ2) is 8.14. The van der Waals surface area contributed by atoms with E-state index in [-0.39, 0.29) is 0 Å². The molecule has 1 saturated heterocycles. The topological polar surface area (TPSA) is 18.1 Å². The molecule has 122 valence electrons. The lowest BCUT2D eigenvalue weighted by Gasteiger charge is -2.29. The first kappa shape index (κ1) is 16.0. The van der Waals surface area contributed by atoms with E-state index in [1.54, 1.807) is 9.80 Å². The second-order valence-electron chi connectivity index (χ2n) is 6.45. The minimum Gasteiger partial charge on any atom is -0.489 e. The molecule has 1 fully saturated rings. The summed E-state index contributed by atoms with van der Waals surface area (Å²) in [6.07, 6.45) is 0. The summed E-state index contributed by atoms with van der Waals surface area (Å²) in [6.45, 7) is 10.5. The SMILES string of the molecule is CC[NH+]1CC[NH+](Cc2ccc(OCc3ccccc3)cc2)CC1. The molecule has 1 aliphatic rings. The first-order valence-corrected chi connectivity index (χ1v) is 8.76. The molecule has 0 aliphatic carbocycles. The van der Waals surface area contributed by atoms with Gasteiger partial charge in [-0.3, -0.25) is 0 Å². The van der Waals surface area contributed by atoms with Gasteiger partial charge in [0.25, 0.3) is 0 Å². The van der Waals surface area contributed by atoms with Gasteiger partial charge in [0.15, 0.2) is 0 Å². The van der Waals surface area contributed by atoms with Crippen LogP contribution >= 0.6 is 0 Å². The van der Waals surface area contributed by atoms with Crippen molar-refractivity contribution in [2.75, 3.05) is 32.7 Å². The van der Waals surface area contributed by atoms with E-state index in [0.29, 0.717) is 6.61 Å². The lowest BCUT2D eigenvalue weighted by atomic mass is 10.2. The Morgan fingerprint density at radius 3 is 2.09 bits per heavy atom. The lowest BCUT2D eigenvalue weighted by molar-refractivity contribution is -1.02. The summed E-state index contributed by atoms with van der Waals surface area (Å²) in [7, 11) is 0. The van der Waals surface area contributed by atoms with Gasteiger partial charge in [-0.1, -0.05) is 30.3 Å². The van der Waals surface area contributed by atoms with Crippen molar-refractivity contribution in [2.24, 2.45) is 0 Å². The van der Waals surface area contributed by atoms with Crippen LogP contribution in [-0.2, 0) is 13.2 Å². The van der Waals surface area contributed by atoms with Crippen LogP contribution in [0, 0.1) is 0 Å². The molecule has 0 aromatic heterocycles. The van der Waals surface area contributed by atoms with Crippen molar-refractivity contribution >= 4 is 0 Å². The van der Waals surface area contributed by atoms with Gasteiger partial charge in [-0.25, -0.2) is 0 Å². The molecule has 23 heavy (non-hydrogen) atoms. The fraction of sp³-hybridized carbons (Fsp3) is 0.400. The largest absolute Gasteiger partial charge is 0.489 e. The van der Waals surface area contributed by atoms with Gasteiger partial charge in [0, 0.05) is 5.56 Å². The Morgan fingerprint density at radius 2 is 1.43 bits per heavy atom. The number of ether oxygens (including phenoxy) is 1. The average molecular weight is 312 g/mol. The summed E-state index contributed by atoms with van der Waals surface area (Å²) in [5.74, 6) is 0.952. The Kier molecular flexibility index (Phi) is 5.67. The Labute approximate surface area is 139 Å². The molecule has 2 N–H and O–H groups in total. The molecule has 0 amide bonds. The lowest BCUT2D eigenvalue weighted by Crippen LogP contribution is -3.27. The zero-order chi connectivity index (χ0) is 15.9. The van der Waals surface area contributed by atoms with Gasteiger partial charge >= 0.3 is 0 Å². The Morgan fingerprint density at radius 1 is 0.783 bits per heavy atom. The van der Waals surface area contributed by atoms with Gasteiger partial charge in [0.05, 0.1) is 6.54 Å². The minimum atomic E-state index is 0.632. The first-order chi connectivity index (χ1) is 11.3. The van der Waals surface area contributed by atoms with Crippen LogP contribution in [0.4, 0.5) is 0 Å². The molecule has 3 nitrogen and oxygen atoms in total. The standard InChI is InChI=1S/C20H26N2O/c1-2-21-12-14-22(15-13-21)16-18-8-10-20(11-9-18)23-17-19-6-4-3-5-7-19/h3-11H,2,12-17H2,1H3/p+2. The molecule has 0 spiro atoms. The van der Waals surface area contributed by atoms with Gasteiger partial charge in [-0.05, 0) is 36.8 Å². The van der Waals surface area contributed by atoms with Gasteiger partial charge < -0.3 is 14.5 Å². The third kappa shape index (κ3) is 4.81. The summed E-state index contributed by atoms with van der Waals surface area (Å²) < 4.78 is 5.86. The average Bonchev–Trinajstić information content (AvgIpc) is 2.63. The summed E-state index contributed by atoms with van der Waals surface area (Å²) in [5, 5.41) is 0. The monoisotopic (exact) mass is 312 g/mol. The van der Waals surface area contributed by atoms with E-state index in [2.05, 4.69) is 43.3 Å². The highest BCUT2D eigenvalue weighted by atomic mass is 16.5. The van der Waals surface area contributed by atoms with Crippen LogP contribution in [0.15, 0.2) is 54.6 Å². The van der Waals surface area contributed by atoms with Gasteiger partial charge in [0.1, 0.15) is 45.1 Å². The van der Waals surface area contributed by atoms with E-state index < -0.39 is 0 Å². The van der Waals surface area contributed by atoms with Crippen LogP contribution in [-0.4, -0.2) is 32.7 Å². The normalized spacial score (nSPS) is 21.1. The fourth-order valence-corrected chi connectivity index (χ4v) is 3.22. The highest BCUT2D eigenvalue weighted by Crippen LogP contribution is 2.13. The van der Waals surface area contributed by atoms with Crippen molar-refractivity contribution in [3.8, 4) is 5.75 Å². The van der Waals surface area contributed by atoms with Crippen molar-refractivity contribution in [1.82, 2.24) is 0 Å². The fourth-order valence-electron chi connectivity index (χ4n) is 3.22. The van der Waals surface area contributed by atoms with Crippen molar-refractivity contribution in [2.45, 2.75) is 20.1 Å². The number of quaternary nitrogens is 2. The van der Waals surface area contributed by atoms with Crippen molar-refractivity contribution < 1.29 is 14.5 Å². The van der Waals surface area contributed by atoms with Gasteiger partial charge in [-0.2, -0.15) is 0 Å². The molecular formula is C20H28N2O+2. The maximum Gasteiger partial charge on any atom is 0.127 e. The summed E-state index contributed by atoms with van der Waals surface area (Å²) in [6, 6.07) is 18.9. The maximum absolute atomic E-state index is 5.86. The van der Waals surface area contributed by atoms with Crippen LogP contribution in [0.3, 0.4) is 0 Å². The van der Waals surface area contributed by atoms with Crippen LogP contribution in [0.2, 0.25) is 0 Å². The van der Waals surface area contributed by atoms with E-state index >= 15 is 0 Å². The Hall–Kier alpha value is -1.84. The van der Waals surface area contributed by atoms with E-state index in [1.165, 1.54) is 43.9 Å². The second-order valence-corrected chi connectivity index (χ2v) is 6.45. The quantitative estimate of drug-likeness (QED) is 0.798. The number of likely N-dealkylation sites (N-methyl/N-ethyl adjacent to an activating group) is 1. The molecular weight excluding hydrogens is 284 g/mol. The minimum absolute atomic E-state index is 0.632. The van der Waals surface area contributed by atoms with E-state index in [9.17, 15) is 0 Å². The summed E-state index contributed by atoms with van der Waals surface area (Å²) in [5.41, 5.74) is 2.62. The summed E-state index contributed by atoms with van der Waals surface area (Å²) >= 11 is 0. The van der Waals surface area contributed by atoms with Crippen molar-refractivity contribution in [3.63, 3.8) is 0 Å². The predicted octanol–water partition coefficient (Wildman–Crippen LogP) is 0.569. The Bertz CT molecular complexity index is 574. The highest BCUT2D eigenvalue weighted by molar-refractivity contribution is 5.27. The number of benzene rings is 2. The predicted molar refractivity (Wildman–Crippen MR) is 92.9 cm³/mol. The number of rotatable bonds is 6. The van der Waals surface area contributed by atoms with Crippen LogP contribution in [0.25, 0.3) is 0 Å².